The number of benzene rings is 1. The molecule has 0 aliphatic carbocycles. The molecule has 1 aliphatic heterocycles. The molecule has 6 heteroatoms. The number of nitrogens with zero attached hydrogens (tertiary/aromatic N) is 1. The summed E-state index contributed by atoms with van der Waals surface area (Å²) in [5.41, 5.74) is 10.2. The van der Waals surface area contributed by atoms with Crippen molar-refractivity contribution in [3.05, 3.63) is 29.8 Å². The molecule has 1 amide bonds. The first-order valence-corrected chi connectivity index (χ1v) is 5.22. The lowest BCUT2D eigenvalue weighted by molar-refractivity contribution is -0.121. The number of amides is 1. The van der Waals surface area contributed by atoms with Crippen molar-refractivity contribution >= 4 is 23.3 Å². The van der Waals surface area contributed by atoms with E-state index in [-0.39, 0.29) is 11.9 Å². The number of rotatable bonds is 2. The number of anilines is 1. The van der Waals surface area contributed by atoms with E-state index in [0.717, 1.165) is 17.0 Å². The van der Waals surface area contributed by atoms with Crippen molar-refractivity contribution in [2.45, 2.75) is 12.8 Å². The van der Waals surface area contributed by atoms with Crippen LogP contribution in [0.25, 0.3) is 0 Å². The highest BCUT2D eigenvalue weighted by atomic mass is 16.2. The Morgan fingerprint density at radius 1 is 1.35 bits per heavy atom. The minimum Gasteiger partial charge on any atom is -0.370 e. The van der Waals surface area contributed by atoms with E-state index in [0.29, 0.717) is 12.8 Å². The Balaban J connectivity index is 2.12. The number of carbonyl (C=O) groups excluding carboxylic acids is 1. The molecule has 1 aromatic rings. The Morgan fingerprint density at radius 2 is 2.06 bits per heavy atom. The van der Waals surface area contributed by atoms with Crippen molar-refractivity contribution in [3.8, 4) is 0 Å². The average molecular weight is 231 g/mol. The van der Waals surface area contributed by atoms with E-state index in [1.54, 1.807) is 0 Å². The third-order valence-electron chi connectivity index (χ3n) is 2.40. The fourth-order valence-corrected chi connectivity index (χ4v) is 1.58. The second kappa shape index (κ2) is 4.65. The van der Waals surface area contributed by atoms with Crippen LogP contribution in [-0.2, 0) is 4.79 Å². The molecule has 0 fully saturated rings. The van der Waals surface area contributed by atoms with E-state index in [4.69, 9.17) is 11.1 Å². The lowest BCUT2D eigenvalue weighted by Crippen LogP contribution is -2.26. The molecule has 1 aromatic carbocycles. The van der Waals surface area contributed by atoms with Crippen LogP contribution in [0, 0.1) is 5.41 Å². The van der Waals surface area contributed by atoms with Gasteiger partial charge in [-0.3, -0.25) is 10.2 Å². The van der Waals surface area contributed by atoms with E-state index < -0.39 is 0 Å². The second-order valence-corrected chi connectivity index (χ2v) is 3.71. The number of nitrogens with two attached hydrogens (primary N) is 1. The smallest absolute Gasteiger partial charge is 0.240 e. The van der Waals surface area contributed by atoms with Gasteiger partial charge in [0.25, 0.3) is 0 Å². The maximum Gasteiger partial charge on any atom is 0.240 e. The molecule has 0 radical (unpaired) electrons. The SMILES string of the molecule is N=C(N)Nc1ccc(C2=NNC(=O)CC2)cc1. The summed E-state index contributed by atoms with van der Waals surface area (Å²) in [5, 5.41) is 13.8. The largest absolute Gasteiger partial charge is 0.370 e. The summed E-state index contributed by atoms with van der Waals surface area (Å²) in [5.74, 6) is -0.149. The van der Waals surface area contributed by atoms with Crippen molar-refractivity contribution in [1.82, 2.24) is 5.43 Å². The van der Waals surface area contributed by atoms with Crippen LogP contribution in [0.2, 0.25) is 0 Å². The molecule has 1 aliphatic rings. The van der Waals surface area contributed by atoms with Crippen LogP contribution in [0.1, 0.15) is 18.4 Å². The Kier molecular flexibility index (Phi) is 3.04. The van der Waals surface area contributed by atoms with E-state index in [2.05, 4.69) is 15.8 Å². The average Bonchev–Trinajstić information content (AvgIpc) is 2.30. The normalized spacial score (nSPS) is 14.8. The third-order valence-corrected chi connectivity index (χ3v) is 2.40. The maximum absolute atomic E-state index is 10.9. The van der Waals surface area contributed by atoms with Crippen molar-refractivity contribution in [2.75, 3.05) is 5.32 Å². The molecular weight excluding hydrogens is 218 g/mol. The summed E-state index contributed by atoms with van der Waals surface area (Å²) in [6.45, 7) is 0. The number of carbonyl (C=O) groups is 1. The fourth-order valence-electron chi connectivity index (χ4n) is 1.58. The Morgan fingerprint density at radius 3 is 2.59 bits per heavy atom. The molecule has 0 spiro atoms. The zero-order valence-corrected chi connectivity index (χ0v) is 9.16. The zero-order chi connectivity index (χ0) is 12.3. The van der Waals surface area contributed by atoms with Crippen LogP contribution in [0.3, 0.4) is 0 Å². The maximum atomic E-state index is 10.9. The van der Waals surface area contributed by atoms with E-state index in [1.807, 2.05) is 24.3 Å². The molecule has 2 rings (SSSR count). The van der Waals surface area contributed by atoms with E-state index in [1.165, 1.54) is 0 Å². The van der Waals surface area contributed by atoms with Gasteiger partial charge in [0.2, 0.25) is 5.91 Å². The van der Waals surface area contributed by atoms with Gasteiger partial charge in [0.15, 0.2) is 5.96 Å². The zero-order valence-electron chi connectivity index (χ0n) is 9.16. The topological polar surface area (TPSA) is 103 Å². The molecule has 0 unspecified atom stereocenters. The summed E-state index contributed by atoms with van der Waals surface area (Å²) in [7, 11) is 0. The number of hydrogen-bond donors (Lipinski definition) is 4. The molecule has 0 saturated carbocycles. The predicted octanol–water partition coefficient (Wildman–Crippen LogP) is 0.606. The van der Waals surface area contributed by atoms with Gasteiger partial charge >= 0.3 is 0 Å². The van der Waals surface area contributed by atoms with Crippen LogP contribution in [0.4, 0.5) is 5.69 Å². The van der Waals surface area contributed by atoms with Gasteiger partial charge in [-0.2, -0.15) is 5.10 Å². The lowest BCUT2D eigenvalue weighted by Gasteiger charge is -2.12. The van der Waals surface area contributed by atoms with E-state index >= 15 is 0 Å². The van der Waals surface area contributed by atoms with Gasteiger partial charge in [-0.1, -0.05) is 12.1 Å². The van der Waals surface area contributed by atoms with Crippen LogP contribution < -0.4 is 16.5 Å². The standard InChI is InChI=1S/C11H13N5O/c12-11(13)14-8-3-1-7(2-4-8)9-5-6-10(17)16-15-9/h1-4H,5-6H2,(H,16,17)(H4,12,13,14). The fraction of sp³-hybridized carbons (Fsp3) is 0.182. The van der Waals surface area contributed by atoms with Gasteiger partial charge in [-0.15, -0.1) is 0 Å². The molecule has 0 saturated heterocycles. The van der Waals surface area contributed by atoms with Crippen LogP contribution in [0.15, 0.2) is 29.4 Å². The molecule has 0 bridgehead atoms. The molecular formula is C11H13N5O. The molecule has 5 N–H and O–H groups in total. The predicted molar refractivity (Wildman–Crippen MR) is 65.9 cm³/mol. The first-order valence-electron chi connectivity index (χ1n) is 5.22. The minimum absolute atomic E-state index is 0.0522. The van der Waals surface area contributed by atoms with Crippen LogP contribution in [-0.4, -0.2) is 17.6 Å². The van der Waals surface area contributed by atoms with Crippen LogP contribution >= 0.6 is 0 Å². The summed E-state index contributed by atoms with van der Waals surface area (Å²) in [4.78, 5) is 10.9. The Hall–Kier alpha value is -2.37. The highest BCUT2D eigenvalue weighted by Gasteiger charge is 2.12. The third kappa shape index (κ3) is 2.81. The summed E-state index contributed by atoms with van der Waals surface area (Å²) in [6.07, 6.45) is 1.11. The van der Waals surface area contributed by atoms with Crippen molar-refractivity contribution in [1.29, 1.82) is 5.41 Å². The van der Waals surface area contributed by atoms with Gasteiger partial charge < -0.3 is 11.1 Å². The summed E-state index contributed by atoms with van der Waals surface area (Å²) in [6, 6.07) is 7.38. The summed E-state index contributed by atoms with van der Waals surface area (Å²) < 4.78 is 0. The molecule has 6 nitrogen and oxygen atoms in total. The highest BCUT2D eigenvalue weighted by molar-refractivity contribution is 6.04. The van der Waals surface area contributed by atoms with Gasteiger partial charge in [0.05, 0.1) is 5.71 Å². The lowest BCUT2D eigenvalue weighted by atomic mass is 10.0. The van der Waals surface area contributed by atoms with Crippen molar-refractivity contribution in [2.24, 2.45) is 10.8 Å². The number of nitrogens with one attached hydrogen (secondary N) is 3. The molecule has 0 atom stereocenters. The first kappa shape index (κ1) is 11.1. The van der Waals surface area contributed by atoms with E-state index in [9.17, 15) is 4.79 Å². The van der Waals surface area contributed by atoms with Crippen molar-refractivity contribution < 1.29 is 4.79 Å². The van der Waals surface area contributed by atoms with Crippen molar-refractivity contribution in [3.63, 3.8) is 0 Å². The number of hydrazone groups is 1. The number of guanidine groups is 1. The van der Waals surface area contributed by atoms with Gasteiger partial charge in [-0.25, -0.2) is 5.43 Å². The summed E-state index contributed by atoms with van der Waals surface area (Å²) >= 11 is 0. The molecule has 17 heavy (non-hydrogen) atoms. The second-order valence-electron chi connectivity index (χ2n) is 3.71. The first-order chi connectivity index (χ1) is 8.15. The molecule has 1 heterocycles. The quantitative estimate of drug-likeness (QED) is 0.442. The highest BCUT2D eigenvalue weighted by Crippen LogP contribution is 2.13. The molecule has 88 valence electrons. The van der Waals surface area contributed by atoms with Gasteiger partial charge in [0, 0.05) is 18.5 Å². The minimum atomic E-state index is -0.0972. The van der Waals surface area contributed by atoms with Gasteiger partial charge in [-0.05, 0) is 17.7 Å². The molecule has 0 aromatic heterocycles. The Bertz CT molecular complexity index is 477. The number of hydrogen-bond acceptors (Lipinski definition) is 3. The monoisotopic (exact) mass is 231 g/mol. The van der Waals surface area contributed by atoms with Gasteiger partial charge in [0.1, 0.15) is 0 Å². The Labute approximate surface area is 98.4 Å². The van der Waals surface area contributed by atoms with Crippen LogP contribution in [0.5, 0.6) is 0 Å².